The third-order valence-electron chi connectivity index (χ3n) is 12.2. The SMILES string of the molecule is CC/C=C\C/C=C\C/C=C\C/C=C\CCC(=O)OC(COC(=O)CCCCCCCCCCCCC/C=C\C/C=C\CCCCCCC)COC(=O)CCCCCCCCCCCCCCC. The molecule has 0 aliphatic carbocycles. The van der Waals surface area contributed by atoms with E-state index in [9.17, 15) is 14.4 Å². The highest BCUT2D eigenvalue weighted by molar-refractivity contribution is 5.71. The van der Waals surface area contributed by atoms with Crippen molar-refractivity contribution in [1.82, 2.24) is 0 Å². The molecule has 67 heavy (non-hydrogen) atoms. The van der Waals surface area contributed by atoms with Gasteiger partial charge in [0.05, 0.1) is 0 Å². The second-order valence-electron chi connectivity index (χ2n) is 18.8. The van der Waals surface area contributed by atoms with E-state index in [2.05, 4.69) is 87.6 Å². The Hall–Kier alpha value is -3.15. The van der Waals surface area contributed by atoms with E-state index in [1.54, 1.807) is 0 Å². The molecule has 0 amide bonds. The van der Waals surface area contributed by atoms with Gasteiger partial charge in [0, 0.05) is 19.3 Å². The molecule has 0 aromatic heterocycles. The molecule has 0 heterocycles. The largest absolute Gasteiger partial charge is 0.462 e. The second kappa shape index (κ2) is 55.4. The van der Waals surface area contributed by atoms with Crippen LogP contribution in [0.1, 0.15) is 278 Å². The van der Waals surface area contributed by atoms with Crippen molar-refractivity contribution >= 4 is 17.9 Å². The molecule has 1 unspecified atom stereocenters. The molecule has 0 N–H and O–H groups in total. The van der Waals surface area contributed by atoms with Crippen molar-refractivity contribution in [2.24, 2.45) is 0 Å². The maximum atomic E-state index is 12.8. The third-order valence-corrected chi connectivity index (χ3v) is 12.2. The fraction of sp³-hybridized carbons (Fsp3) is 0.754. The minimum Gasteiger partial charge on any atom is -0.462 e. The number of carbonyl (C=O) groups is 3. The van der Waals surface area contributed by atoms with Gasteiger partial charge in [0.15, 0.2) is 6.10 Å². The van der Waals surface area contributed by atoms with Crippen LogP contribution in [0.25, 0.3) is 0 Å². The van der Waals surface area contributed by atoms with Gasteiger partial charge in [-0.15, -0.1) is 0 Å². The lowest BCUT2D eigenvalue weighted by molar-refractivity contribution is -0.166. The maximum absolute atomic E-state index is 12.8. The molecule has 0 radical (unpaired) electrons. The second-order valence-corrected chi connectivity index (χ2v) is 18.8. The maximum Gasteiger partial charge on any atom is 0.306 e. The highest BCUT2D eigenvalue weighted by Crippen LogP contribution is 2.16. The average Bonchev–Trinajstić information content (AvgIpc) is 3.33. The molecular weight excluding hydrogens is 829 g/mol. The molecule has 0 spiro atoms. The van der Waals surface area contributed by atoms with Crippen molar-refractivity contribution in [3.63, 3.8) is 0 Å². The lowest BCUT2D eigenvalue weighted by Crippen LogP contribution is -2.30. The standard InChI is InChI=1S/C61H106O6/c1-4-7-10-13-16-19-22-25-26-27-28-29-30-31-32-33-34-37-39-42-45-48-51-54-60(63)66-57-58(67-61(64)55-52-49-46-43-40-36-24-21-18-15-12-9-6-3)56-65-59(62)53-50-47-44-41-38-35-23-20-17-14-11-8-5-2/h9,12,18,21-22,25,27-28,36,40,46,49,58H,4-8,10-11,13-17,19-20,23-24,26,29-35,37-39,41-45,47-48,50-57H2,1-3H3/b12-9-,21-18-,25-22-,28-27-,40-36-,49-46-. The normalized spacial score (nSPS) is 12.6. The molecule has 0 rings (SSSR count). The summed E-state index contributed by atoms with van der Waals surface area (Å²) in [6.45, 7) is 6.47. The summed E-state index contributed by atoms with van der Waals surface area (Å²) in [5.74, 6) is -0.979. The molecule has 0 aromatic carbocycles. The monoisotopic (exact) mass is 935 g/mol. The summed E-state index contributed by atoms with van der Waals surface area (Å²) in [7, 11) is 0. The summed E-state index contributed by atoms with van der Waals surface area (Å²) in [6, 6.07) is 0. The van der Waals surface area contributed by atoms with E-state index in [0.29, 0.717) is 19.3 Å². The zero-order chi connectivity index (χ0) is 48.6. The van der Waals surface area contributed by atoms with Gasteiger partial charge in [0.2, 0.25) is 0 Å². The Kier molecular flexibility index (Phi) is 52.8. The van der Waals surface area contributed by atoms with Crippen molar-refractivity contribution in [3.05, 3.63) is 72.9 Å². The first-order valence-electron chi connectivity index (χ1n) is 28.4. The number of ether oxygens (including phenoxy) is 3. The van der Waals surface area contributed by atoms with Crippen LogP contribution in [0, 0.1) is 0 Å². The molecule has 0 saturated heterocycles. The van der Waals surface area contributed by atoms with E-state index in [-0.39, 0.29) is 37.5 Å². The van der Waals surface area contributed by atoms with Crippen LogP contribution in [-0.4, -0.2) is 37.2 Å². The summed E-state index contributed by atoms with van der Waals surface area (Å²) in [5, 5.41) is 0. The number of rotatable bonds is 51. The van der Waals surface area contributed by atoms with Crippen LogP contribution in [0.4, 0.5) is 0 Å². The van der Waals surface area contributed by atoms with Gasteiger partial charge < -0.3 is 14.2 Å². The van der Waals surface area contributed by atoms with Crippen molar-refractivity contribution in [1.29, 1.82) is 0 Å². The van der Waals surface area contributed by atoms with E-state index >= 15 is 0 Å². The lowest BCUT2D eigenvalue weighted by atomic mass is 10.0. The zero-order valence-corrected chi connectivity index (χ0v) is 44.2. The number of esters is 3. The highest BCUT2D eigenvalue weighted by atomic mass is 16.6. The van der Waals surface area contributed by atoms with Gasteiger partial charge >= 0.3 is 17.9 Å². The first-order valence-corrected chi connectivity index (χ1v) is 28.4. The van der Waals surface area contributed by atoms with Crippen LogP contribution >= 0.6 is 0 Å². The molecule has 0 aromatic rings. The molecule has 386 valence electrons. The predicted molar refractivity (Wildman–Crippen MR) is 288 cm³/mol. The molecular formula is C61H106O6. The van der Waals surface area contributed by atoms with Gasteiger partial charge in [-0.05, 0) is 77.0 Å². The summed E-state index contributed by atoms with van der Waals surface area (Å²) in [4.78, 5) is 38.0. The number of allylic oxidation sites excluding steroid dienone is 12. The Bertz CT molecular complexity index is 1260. The first kappa shape index (κ1) is 63.8. The average molecular weight is 936 g/mol. The zero-order valence-electron chi connectivity index (χ0n) is 44.2. The van der Waals surface area contributed by atoms with Crippen LogP contribution in [0.5, 0.6) is 0 Å². The Morgan fingerprint density at radius 1 is 0.313 bits per heavy atom. The van der Waals surface area contributed by atoms with Crippen molar-refractivity contribution < 1.29 is 28.6 Å². The number of unbranched alkanes of at least 4 members (excludes halogenated alkanes) is 28. The molecule has 0 aliphatic heterocycles. The topological polar surface area (TPSA) is 78.9 Å². The fourth-order valence-electron chi connectivity index (χ4n) is 7.96. The summed E-state index contributed by atoms with van der Waals surface area (Å²) in [6.07, 6.45) is 70.6. The van der Waals surface area contributed by atoms with E-state index in [4.69, 9.17) is 14.2 Å². The Balaban J connectivity index is 4.33. The molecule has 0 aliphatic rings. The van der Waals surface area contributed by atoms with Gasteiger partial charge in [-0.25, -0.2) is 0 Å². The predicted octanol–water partition coefficient (Wildman–Crippen LogP) is 19.0. The first-order chi connectivity index (χ1) is 33.0. The van der Waals surface area contributed by atoms with Crippen molar-refractivity contribution in [3.8, 4) is 0 Å². The van der Waals surface area contributed by atoms with E-state index in [1.807, 2.05) is 6.08 Å². The summed E-state index contributed by atoms with van der Waals surface area (Å²) >= 11 is 0. The van der Waals surface area contributed by atoms with E-state index in [1.165, 1.54) is 161 Å². The number of hydrogen-bond acceptors (Lipinski definition) is 6. The smallest absolute Gasteiger partial charge is 0.306 e. The van der Waals surface area contributed by atoms with Crippen LogP contribution in [-0.2, 0) is 28.6 Å². The minimum absolute atomic E-state index is 0.102. The van der Waals surface area contributed by atoms with E-state index < -0.39 is 6.10 Å². The van der Waals surface area contributed by atoms with Gasteiger partial charge in [-0.2, -0.15) is 0 Å². The molecule has 0 fully saturated rings. The Morgan fingerprint density at radius 2 is 0.612 bits per heavy atom. The van der Waals surface area contributed by atoms with Crippen molar-refractivity contribution in [2.75, 3.05) is 13.2 Å². The molecule has 6 heteroatoms. The van der Waals surface area contributed by atoms with Crippen LogP contribution in [0.2, 0.25) is 0 Å². The fourth-order valence-corrected chi connectivity index (χ4v) is 7.96. The lowest BCUT2D eigenvalue weighted by Gasteiger charge is -2.18. The minimum atomic E-state index is -0.812. The summed E-state index contributed by atoms with van der Waals surface area (Å²) in [5.41, 5.74) is 0. The quantitative estimate of drug-likeness (QED) is 0.0262. The Labute approximate surface area is 414 Å². The number of carbonyl (C=O) groups excluding carboxylic acids is 3. The Morgan fingerprint density at radius 3 is 0.970 bits per heavy atom. The van der Waals surface area contributed by atoms with Gasteiger partial charge in [0.25, 0.3) is 0 Å². The highest BCUT2D eigenvalue weighted by Gasteiger charge is 2.19. The third kappa shape index (κ3) is 53.7. The summed E-state index contributed by atoms with van der Waals surface area (Å²) < 4.78 is 16.8. The molecule has 0 bridgehead atoms. The van der Waals surface area contributed by atoms with Gasteiger partial charge in [-0.3, -0.25) is 14.4 Å². The van der Waals surface area contributed by atoms with E-state index in [0.717, 1.165) is 70.6 Å². The van der Waals surface area contributed by atoms with Gasteiger partial charge in [-0.1, -0.05) is 254 Å². The van der Waals surface area contributed by atoms with Crippen molar-refractivity contribution in [2.45, 2.75) is 284 Å². The van der Waals surface area contributed by atoms with Crippen LogP contribution in [0.3, 0.4) is 0 Å². The molecule has 1 atom stereocenters. The number of hydrogen-bond donors (Lipinski definition) is 0. The van der Waals surface area contributed by atoms with Gasteiger partial charge in [0.1, 0.15) is 13.2 Å². The molecule has 0 saturated carbocycles. The van der Waals surface area contributed by atoms with Crippen LogP contribution in [0.15, 0.2) is 72.9 Å². The molecule has 6 nitrogen and oxygen atoms in total. The van der Waals surface area contributed by atoms with Crippen LogP contribution < -0.4 is 0 Å².